The van der Waals surface area contributed by atoms with Gasteiger partial charge in [-0.3, -0.25) is 4.79 Å². The minimum atomic E-state index is -0.986. The molecule has 2 N–H and O–H groups in total. The Balaban J connectivity index is 2.03. The van der Waals surface area contributed by atoms with Gasteiger partial charge >= 0.3 is 5.97 Å². The predicted molar refractivity (Wildman–Crippen MR) is 70.6 cm³/mol. The number of likely N-dealkylation sites (N-methyl/N-ethyl adjacent to an activating group) is 1. The van der Waals surface area contributed by atoms with E-state index in [-0.39, 0.29) is 12.5 Å². The molecule has 0 heterocycles. The van der Waals surface area contributed by atoms with E-state index in [0.29, 0.717) is 5.75 Å². The summed E-state index contributed by atoms with van der Waals surface area (Å²) in [4.78, 5) is 11.5. The molecule has 19 heavy (non-hydrogen) atoms. The maximum Gasteiger partial charge on any atom is 0.327 e. The fraction of sp³-hybridized carbons (Fsp3) is 0.500. The minimum absolute atomic E-state index is 0.121. The van der Waals surface area contributed by atoms with Gasteiger partial charge < -0.3 is 19.9 Å². The molecule has 0 amide bonds. The van der Waals surface area contributed by atoms with E-state index in [4.69, 9.17) is 9.47 Å². The van der Waals surface area contributed by atoms with Crippen LogP contribution in [0.2, 0.25) is 0 Å². The first-order chi connectivity index (χ1) is 9.12. The third-order valence-electron chi connectivity index (χ3n) is 3.63. The Morgan fingerprint density at radius 1 is 1.37 bits per heavy atom. The summed E-state index contributed by atoms with van der Waals surface area (Å²) in [6, 6.07) is 7.12. The lowest BCUT2D eigenvalue weighted by atomic mass is 9.94. The molecule has 1 fully saturated rings. The fourth-order valence-corrected chi connectivity index (χ4v) is 2.18. The summed E-state index contributed by atoms with van der Waals surface area (Å²) in [5.74, 6) is 0.675. The smallest absolute Gasteiger partial charge is 0.327 e. The summed E-state index contributed by atoms with van der Waals surface area (Å²) in [6.07, 6.45) is 1.86. The molecular formula is C14H19NO4. The average Bonchev–Trinajstić information content (AvgIpc) is 3.25. The quantitative estimate of drug-likeness (QED) is 0.782. The van der Waals surface area contributed by atoms with Gasteiger partial charge in [0.05, 0.1) is 7.11 Å². The Bertz CT molecular complexity index is 441. The second-order valence-corrected chi connectivity index (χ2v) is 4.76. The summed E-state index contributed by atoms with van der Waals surface area (Å²) >= 11 is 0. The molecule has 5 nitrogen and oxygen atoms in total. The van der Waals surface area contributed by atoms with Crippen LogP contribution in [0, 0.1) is 5.92 Å². The molecule has 1 aromatic rings. The number of ether oxygens (including phenoxy) is 2. The van der Waals surface area contributed by atoms with Crippen molar-refractivity contribution in [2.75, 3.05) is 20.8 Å². The van der Waals surface area contributed by atoms with Gasteiger partial charge in [-0.05, 0) is 50.1 Å². The molecule has 0 radical (unpaired) electrons. The average molecular weight is 265 g/mol. The van der Waals surface area contributed by atoms with Gasteiger partial charge in [0.25, 0.3) is 0 Å². The first-order valence-corrected chi connectivity index (χ1v) is 6.31. The van der Waals surface area contributed by atoms with Crippen LogP contribution in [-0.4, -0.2) is 37.4 Å². The van der Waals surface area contributed by atoms with Crippen molar-refractivity contribution in [2.24, 2.45) is 5.92 Å². The molecular weight excluding hydrogens is 246 g/mol. The van der Waals surface area contributed by atoms with Crippen LogP contribution in [0.15, 0.2) is 24.3 Å². The number of aliphatic carboxylic acids is 1. The molecule has 0 aliphatic heterocycles. The van der Waals surface area contributed by atoms with E-state index in [1.807, 2.05) is 0 Å². The summed E-state index contributed by atoms with van der Waals surface area (Å²) in [5, 5.41) is 12.4. The maximum absolute atomic E-state index is 11.5. The molecule has 0 aromatic heterocycles. The maximum atomic E-state index is 11.5. The van der Waals surface area contributed by atoms with E-state index < -0.39 is 11.5 Å². The van der Waals surface area contributed by atoms with Crippen molar-refractivity contribution in [2.45, 2.75) is 18.4 Å². The summed E-state index contributed by atoms with van der Waals surface area (Å²) in [6.45, 7) is 0.121. The van der Waals surface area contributed by atoms with Gasteiger partial charge in [0, 0.05) is 0 Å². The number of benzene rings is 1. The van der Waals surface area contributed by atoms with Crippen LogP contribution in [-0.2, 0) is 4.79 Å². The third kappa shape index (κ3) is 2.81. The fourth-order valence-electron chi connectivity index (χ4n) is 2.18. The Kier molecular flexibility index (Phi) is 3.95. The van der Waals surface area contributed by atoms with Crippen molar-refractivity contribution in [3.05, 3.63) is 24.3 Å². The van der Waals surface area contributed by atoms with Gasteiger partial charge in [0.15, 0.2) is 5.54 Å². The molecule has 1 unspecified atom stereocenters. The molecule has 0 bridgehead atoms. The van der Waals surface area contributed by atoms with Crippen molar-refractivity contribution in [3.63, 3.8) is 0 Å². The number of hydrogen-bond donors (Lipinski definition) is 2. The van der Waals surface area contributed by atoms with E-state index in [1.54, 1.807) is 38.4 Å². The van der Waals surface area contributed by atoms with Crippen LogP contribution in [0.1, 0.15) is 12.8 Å². The van der Waals surface area contributed by atoms with Crippen molar-refractivity contribution < 1.29 is 19.4 Å². The zero-order valence-electron chi connectivity index (χ0n) is 11.2. The molecule has 0 saturated heterocycles. The standard InChI is InChI=1S/C14H19NO4/c1-15-14(13(16)17,10-3-4-10)9-19-12-7-5-11(18-2)6-8-12/h5-8,10,15H,3-4,9H2,1-2H3,(H,16,17). The van der Waals surface area contributed by atoms with Gasteiger partial charge in [0.1, 0.15) is 18.1 Å². The Morgan fingerprint density at radius 3 is 2.37 bits per heavy atom. The van der Waals surface area contributed by atoms with Crippen molar-refractivity contribution in [1.29, 1.82) is 0 Å². The van der Waals surface area contributed by atoms with Gasteiger partial charge in [-0.2, -0.15) is 0 Å². The SMILES string of the molecule is CNC(COc1ccc(OC)cc1)(C(=O)O)C1CC1. The third-order valence-corrected chi connectivity index (χ3v) is 3.63. The van der Waals surface area contributed by atoms with Gasteiger partial charge in [-0.15, -0.1) is 0 Å². The van der Waals surface area contributed by atoms with Crippen LogP contribution in [0.25, 0.3) is 0 Å². The van der Waals surface area contributed by atoms with Crippen molar-refractivity contribution in [1.82, 2.24) is 5.32 Å². The molecule has 1 aromatic carbocycles. The number of carboxylic acids is 1. The lowest BCUT2D eigenvalue weighted by Crippen LogP contribution is -2.56. The Morgan fingerprint density at radius 2 is 1.95 bits per heavy atom. The summed E-state index contributed by atoms with van der Waals surface area (Å²) in [7, 11) is 3.27. The number of rotatable bonds is 7. The first kappa shape index (κ1) is 13.7. The highest BCUT2D eigenvalue weighted by atomic mass is 16.5. The second-order valence-electron chi connectivity index (χ2n) is 4.76. The highest BCUT2D eigenvalue weighted by Crippen LogP contribution is 2.40. The van der Waals surface area contributed by atoms with Crippen molar-refractivity contribution in [3.8, 4) is 11.5 Å². The predicted octanol–water partition coefficient (Wildman–Crippen LogP) is 1.53. The Labute approximate surface area is 112 Å². The van der Waals surface area contributed by atoms with Gasteiger partial charge in [-0.25, -0.2) is 0 Å². The number of nitrogens with one attached hydrogen (secondary N) is 1. The normalized spacial score (nSPS) is 17.6. The van der Waals surface area contributed by atoms with Gasteiger partial charge in [-0.1, -0.05) is 0 Å². The lowest BCUT2D eigenvalue weighted by molar-refractivity contribution is -0.147. The largest absolute Gasteiger partial charge is 0.497 e. The molecule has 1 aliphatic carbocycles. The van der Waals surface area contributed by atoms with Crippen LogP contribution in [0.3, 0.4) is 0 Å². The highest BCUT2D eigenvalue weighted by molar-refractivity contribution is 5.80. The van der Waals surface area contributed by atoms with E-state index in [0.717, 1.165) is 18.6 Å². The van der Waals surface area contributed by atoms with E-state index in [1.165, 1.54) is 0 Å². The van der Waals surface area contributed by atoms with Crippen LogP contribution in [0.5, 0.6) is 11.5 Å². The summed E-state index contributed by atoms with van der Waals surface area (Å²) < 4.78 is 10.7. The van der Waals surface area contributed by atoms with Gasteiger partial charge in [0.2, 0.25) is 0 Å². The molecule has 1 saturated carbocycles. The number of hydrogen-bond acceptors (Lipinski definition) is 4. The summed E-state index contributed by atoms with van der Waals surface area (Å²) in [5.41, 5.74) is -0.986. The molecule has 5 heteroatoms. The molecule has 1 atom stereocenters. The monoisotopic (exact) mass is 265 g/mol. The number of methoxy groups -OCH3 is 1. The van der Waals surface area contributed by atoms with E-state index in [9.17, 15) is 9.90 Å². The Hall–Kier alpha value is -1.75. The molecule has 2 rings (SSSR count). The zero-order chi connectivity index (χ0) is 13.9. The topological polar surface area (TPSA) is 67.8 Å². The minimum Gasteiger partial charge on any atom is -0.497 e. The van der Waals surface area contributed by atoms with Crippen molar-refractivity contribution >= 4 is 5.97 Å². The zero-order valence-corrected chi connectivity index (χ0v) is 11.2. The van der Waals surface area contributed by atoms with E-state index in [2.05, 4.69) is 5.32 Å². The highest BCUT2D eigenvalue weighted by Gasteiger charge is 2.51. The van der Waals surface area contributed by atoms with Crippen LogP contribution in [0.4, 0.5) is 0 Å². The van der Waals surface area contributed by atoms with Crippen LogP contribution >= 0.6 is 0 Å². The van der Waals surface area contributed by atoms with E-state index >= 15 is 0 Å². The molecule has 104 valence electrons. The lowest BCUT2D eigenvalue weighted by Gasteiger charge is -2.28. The number of carboxylic acid groups (broad SMARTS) is 1. The second kappa shape index (κ2) is 5.48. The molecule has 0 spiro atoms. The first-order valence-electron chi connectivity index (χ1n) is 6.31. The molecule has 1 aliphatic rings. The van der Waals surface area contributed by atoms with Crippen LogP contribution < -0.4 is 14.8 Å². The number of carbonyl (C=O) groups is 1.